The van der Waals surface area contributed by atoms with E-state index in [1.54, 1.807) is 0 Å². The second-order valence-electron chi connectivity index (χ2n) is 5.38. The first-order valence-corrected chi connectivity index (χ1v) is 6.82. The molecule has 1 aliphatic heterocycles. The van der Waals surface area contributed by atoms with Crippen molar-refractivity contribution in [3.63, 3.8) is 0 Å². The van der Waals surface area contributed by atoms with Crippen LogP contribution in [0, 0.1) is 6.92 Å². The first-order chi connectivity index (χ1) is 8.66. The minimum Gasteiger partial charge on any atom is -0.314 e. The first kappa shape index (κ1) is 19.5. The van der Waals surface area contributed by atoms with Crippen molar-refractivity contribution in [3.8, 4) is 0 Å². The standard InChI is InChI=1S/C16H24N2.2ClH/c1-13(2)11-16(18-9-7-17-8-10-18)15-6-4-5-14(3)12-15;;/h4-6,12,16-17H,1,7-11H2,2-3H3;2*1H/t16-;;/m1../s1. The third-order valence-corrected chi connectivity index (χ3v) is 3.56. The van der Waals surface area contributed by atoms with Crippen molar-refractivity contribution in [1.29, 1.82) is 0 Å². The second-order valence-corrected chi connectivity index (χ2v) is 5.38. The van der Waals surface area contributed by atoms with Crippen LogP contribution in [-0.2, 0) is 0 Å². The van der Waals surface area contributed by atoms with Gasteiger partial charge in [-0.05, 0) is 25.8 Å². The van der Waals surface area contributed by atoms with E-state index in [2.05, 4.69) is 54.9 Å². The van der Waals surface area contributed by atoms with Gasteiger partial charge in [0.2, 0.25) is 0 Å². The molecule has 0 unspecified atom stereocenters. The number of nitrogens with one attached hydrogen (secondary N) is 1. The number of benzene rings is 1. The van der Waals surface area contributed by atoms with Crippen LogP contribution in [0.2, 0.25) is 0 Å². The largest absolute Gasteiger partial charge is 0.314 e. The molecule has 1 saturated heterocycles. The highest BCUT2D eigenvalue weighted by Gasteiger charge is 2.21. The van der Waals surface area contributed by atoms with E-state index < -0.39 is 0 Å². The van der Waals surface area contributed by atoms with Crippen molar-refractivity contribution < 1.29 is 0 Å². The van der Waals surface area contributed by atoms with Crippen LogP contribution < -0.4 is 5.32 Å². The van der Waals surface area contributed by atoms with E-state index in [-0.39, 0.29) is 24.8 Å². The third-order valence-electron chi connectivity index (χ3n) is 3.56. The first-order valence-electron chi connectivity index (χ1n) is 6.82. The lowest BCUT2D eigenvalue weighted by Gasteiger charge is -2.35. The highest BCUT2D eigenvalue weighted by molar-refractivity contribution is 5.85. The number of hydrogen-bond acceptors (Lipinski definition) is 2. The van der Waals surface area contributed by atoms with Gasteiger partial charge in [0.25, 0.3) is 0 Å². The fraction of sp³-hybridized carbons (Fsp3) is 0.500. The van der Waals surface area contributed by atoms with Gasteiger partial charge >= 0.3 is 0 Å². The number of nitrogens with zero attached hydrogens (tertiary/aromatic N) is 1. The maximum absolute atomic E-state index is 4.10. The highest BCUT2D eigenvalue weighted by atomic mass is 35.5. The van der Waals surface area contributed by atoms with Gasteiger partial charge in [-0.2, -0.15) is 0 Å². The number of rotatable bonds is 4. The minimum absolute atomic E-state index is 0. The molecular formula is C16H26Cl2N2. The van der Waals surface area contributed by atoms with E-state index >= 15 is 0 Å². The van der Waals surface area contributed by atoms with Crippen LogP contribution >= 0.6 is 24.8 Å². The van der Waals surface area contributed by atoms with Gasteiger partial charge in [-0.25, -0.2) is 0 Å². The average molecular weight is 317 g/mol. The van der Waals surface area contributed by atoms with Gasteiger partial charge in [-0.3, -0.25) is 4.90 Å². The molecular weight excluding hydrogens is 291 g/mol. The average Bonchev–Trinajstić information content (AvgIpc) is 2.37. The van der Waals surface area contributed by atoms with Gasteiger partial charge < -0.3 is 5.32 Å². The molecule has 1 atom stereocenters. The van der Waals surface area contributed by atoms with Crippen LogP contribution in [-0.4, -0.2) is 31.1 Å². The van der Waals surface area contributed by atoms with Crippen LogP contribution in [0.1, 0.15) is 30.5 Å². The lowest BCUT2D eigenvalue weighted by atomic mass is 9.97. The Morgan fingerprint density at radius 3 is 2.50 bits per heavy atom. The Balaban J connectivity index is 0.00000180. The Morgan fingerprint density at radius 1 is 1.30 bits per heavy atom. The van der Waals surface area contributed by atoms with Crippen molar-refractivity contribution in [2.24, 2.45) is 0 Å². The number of aryl methyl sites for hydroxylation is 1. The van der Waals surface area contributed by atoms with Crippen LogP contribution in [0.5, 0.6) is 0 Å². The van der Waals surface area contributed by atoms with Gasteiger partial charge in [0.15, 0.2) is 0 Å². The summed E-state index contributed by atoms with van der Waals surface area (Å²) in [7, 11) is 0. The second kappa shape index (κ2) is 9.41. The number of hydrogen-bond donors (Lipinski definition) is 1. The van der Waals surface area contributed by atoms with E-state index in [9.17, 15) is 0 Å². The lowest BCUT2D eigenvalue weighted by molar-refractivity contribution is 0.172. The van der Waals surface area contributed by atoms with Crippen molar-refractivity contribution >= 4 is 24.8 Å². The fourth-order valence-corrected chi connectivity index (χ4v) is 2.66. The van der Waals surface area contributed by atoms with Crippen LogP contribution in [0.25, 0.3) is 0 Å². The molecule has 0 amide bonds. The Labute approximate surface area is 135 Å². The summed E-state index contributed by atoms with van der Waals surface area (Å²) in [4.78, 5) is 2.58. The van der Waals surface area contributed by atoms with Gasteiger partial charge in [0.05, 0.1) is 0 Å². The molecule has 0 aromatic heterocycles. The highest BCUT2D eigenvalue weighted by Crippen LogP contribution is 2.27. The molecule has 1 aromatic carbocycles. The number of halogens is 2. The summed E-state index contributed by atoms with van der Waals surface area (Å²) in [5, 5.41) is 3.42. The van der Waals surface area contributed by atoms with Crippen LogP contribution in [0.15, 0.2) is 36.4 Å². The van der Waals surface area contributed by atoms with Crippen molar-refractivity contribution in [2.75, 3.05) is 26.2 Å². The molecule has 2 rings (SSSR count). The molecule has 1 aliphatic rings. The summed E-state index contributed by atoms with van der Waals surface area (Å²) in [5.41, 5.74) is 4.04. The van der Waals surface area contributed by atoms with Gasteiger partial charge in [-0.15, -0.1) is 31.4 Å². The fourth-order valence-electron chi connectivity index (χ4n) is 2.66. The molecule has 4 heteroatoms. The maximum atomic E-state index is 4.10. The zero-order chi connectivity index (χ0) is 13.0. The summed E-state index contributed by atoms with van der Waals surface area (Å²) in [6, 6.07) is 9.39. The minimum atomic E-state index is 0. The lowest BCUT2D eigenvalue weighted by Crippen LogP contribution is -2.45. The summed E-state index contributed by atoms with van der Waals surface area (Å²) >= 11 is 0. The summed E-state index contributed by atoms with van der Waals surface area (Å²) in [6.07, 6.45) is 1.06. The number of piperazine rings is 1. The summed E-state index contributed by atoms with van der Waals surface area (Å²) in [5.74, 6) is 0. The topological polar surface area (TPSA) is 15.3 Å². The Kier molecular flexibility index (Phi) is 9.15. The Bertz CT molecular complexity index is 415. The zero-order valence-electron chi connectivity index (χ0n) is 12.4. The quantitative estimate of drug-likeness (QED) is 0.851. The summed E-state index contributed by atoms with van der Waals surface area (Å²) < 4.78 is 0. The summed E-state index contributed by atoms with van der Waals surface area (Å²) in [6.45, 7) is 12.8. The smallest absolute Gasteiger partial charge is 0.0386 e. The molecule has 0 aliphatic carbocycles. The van der Waals surface area contributed by atoms with E-state index in [1.807, 2.05) is 0 Å². The van der Waals surface area contributed by atoms with Crippen LogP contribution in [0.3, 0.4) is 0 Å². The van der Waals surface area contributed by atoms with Crippen molar-refractivity contribution in [1.82, 2.24) is 10.2 Å². The molecule has 2 nitrogen and oxygen atoms in total. The van der Waals surface area contributed by atoms with E-state index in [0.29, 0.717) is 6.04 Å². The van der Waals surface area contributed by atoms with E-state index in [0.717, 1.165) is 32.6 Å². The molecule has 1 heterocycles. The van der Waals surface area contributed by atoms with Gasteiger partial charge in [-0.1, -0.05) is 35.4 Å². The molecule has 0 radical (unpaired) electrons. The molecule has 1 fully saturated rings. The SMILES string of the molecule is C=C(C)C[C@H](c1cccc(C)c1)N1CCNCC1.Cl.Cl. The Morgan fingerprint density at radius 2 is 1.95 bits per heavy atom. The van der Waals surface area contributed by atoms with E-state index in [4.69, 9.17) is 0 Å². The molecule has 0 saturated carbocycles. The van der Waals surface area contributed by atoms with Gasteiger partial charge in [0.1, 0.15) is 0 Å². The molecule has 1 N–H and O–H groups in total. The van der Waals surface area contributed by atoms with Gasteiger partial charge in [0, 0.05) is 32.2 Å². The third kappa shape index (κ3) is 5.45. The van der Waals surface area contributed by atoms with Crippen molar-refractivity contribution in [3.05, 3.63) is 47.5 Å². The monoisotopic (exact) mass is 316 g/mol. The zero-order valence-corrected chi connectivity index (χ0v) is 14.0. The maximum Gasteiger partial charge on any atom is 0.0386 e. The molecule has 0 spiro atoms. The predicted octanol–water partition coefficient (Wildman–Crippen LogP) is 3.75. The van der Waals surface area contributed by atoms with E-state index in [1.165, 1.54) is 16.7 Å². The molecule has 0 bridgehead atoms. The molecule has 1 aromatic rings. The Hall–Kier alpha value is -0.540. The van der Waals surface area contributed by atoms with Crippen molar-refractivity contribution in [2.45, 2.75) is 26.3 Å². The van der Waals surface area contributed by atoms with Crippen LogP contribution in [0.4, 0.5) is 0 Å². The molecule has 114 valence electrons. The predicted molar refractivity (Wildman–Crippen MR) is 92.3 cm³/mol. The molecule has 20 heavy (non-hydrogen) atoms. The normalized spacial score (nSPS) is 16.7.